The van der Waals surface area contributed by atoms with E-state index in [1.54, 1.807) is 37.7 Å². The van der Waals surface area contributed by atoms with Gasteiger partial charge in [-0.05, 0) is 36.2 Å². The third kappa shape index (κ3) is 3.06. The molecular weight excluding hydrogens is 359 g/mol. The quantitative estimate of drug-likeness (QED) is 0.756. The van der Waals surface area contributed by atoms with Gasteiger partial charge in [-0.1, -0.05) is 11.6 Å². The van der Waals surface area contributed by atoms with Crippen molar-refractivity contribution in [3.63, 3.8) is 0 Å². The van der Waals surface area contributed by atoms with Gasteiger partial charge in [-0.3, -0.25) is 9.78 Å². The van der Waals surface area contributed by atoms with E-state index >= 15 is 0 Å². The lowest BCUT2D eigenvalue weighted by Gasteiger charge is -2.10. The number of methoxy groups -OCH3 is 1. The zero-order valence-corrected chi connectivity index (χ0v) is 14.5. The van der Waals surface area contributed by atoms with E-state index in [4.69, 9.17) is 16.3 Å². The van der Waals surface area contributed by atoms with E-state index in [0.717, 1.165) is 11.1 Å². The van der Waals surface area contributed by atoms with Crippen molar-refractivity contribution in [2.75, 3.05) is 12.4 Å². The van der Waals surface area contributed by atoms with Crippen LogP contribution in [-0.4, -0.2) is 34.4 Å². The topological polar surface area (TPSA) is 77.0 Å². The number of rotatable bonds is 4. The summed E-state index contributed by atoms with van der Waals surface area (Å²) >= 11 is 6.34. The molecule has 8 heteroatoms. The van der Waals surface area contributed by atoms with Gasteiger partial charge in [-0.2, -0.15) is 0 Å². The molecule has 2 aromatic heterocycles. The lowest BCUT2D eigenvalue weighted by Crippen LogP contribution is -2.16. The largest absolute Gasteiger partial charge is 0.496 e. The first kappa shape index (κ1) is 16.7. The summed E-state index contributed by atoms with van der Waals surface area (Å²) in [4.78, 5) is 16.0. The smallest absolute Gasteiger partial charge is 0.231 e. The molecule has 2 unspecified atom stereocenters. The zero-order chi connectivity index (χ0) is 18.3. The fraction of sp³-hybridized carbons (Fsp3) is 0.222. The number of anilines is 1. The van der Waals surface area contributed by atoms with Gasteiger partial charge in [0.15, 0.2) is 5.82 Å². The van der Waals surface area contributed by atoms with Crippen LogP contribution in [0, 0.1) is 5.92 Å². The first-order valence-corrected chi connectivity index (χ1v) is 8.35. The van der Waals surface area contributed by atoms with Crippen LogP contribution in [0.3, 0.4) is 0 Å². The van der Waals surface area contributed by atoms with E-state index in [1.165, 1.54) is 0 Å². The number of nitrogens with one attached hydrogen (secondary N) is 1. The number of hydrogen-bond acceptors (Lipinski definition) is 5. The molecule has 0 aliphatic heterocycles. The number of hydrogen-bond donors (Lipinski definition) is 1. The van der Waals surface area contributed by atoms with E-state index in [0.29, 0.717) is 21.7 Å². The van der Waals surface area contributed by atoms with Crippen molar-refractivity contribution in [3.05, 3.63) is 41.7 Å². The highest BCUT2D eigenvalue weighted by Crippen LogP contribution is 2.36. The lowest BCUT2D eigenvalue weighted by atomic mass is 10.0. The Morgan fingerprint density at radius 2 is 2.15 bits per heavy atom. The van der Waals surface area contributed by atoms with Crippen LogP contribution in [0.25, 0.3) is 22.0 Å². The maximum atomic E-state index is 13.0. The number of fused-ring (bicyclic) bond motifs is 1. The van der Waals surface area contributed by atoms with Crippen LogP contribution in [0.5, 0.6) is 5.75 Å². The molecule has 1 saturated carbocycles. The maximum absolute atomic E-state index is 13.0. The Bertz CT molecular complexity index is 1010. The summed E-state index contributed by atoms with van der Waals surface area (Å²) in [7, 11) is 1.58. The number of carbonyl (C=O) groups is 1. The average molecular weight is 373 g/mol. The van der Waals surface area contributed by atoms with Crippen molar-refractivity contribution in [1.29, 1.82) is 0 Å². The second-order valence-electron chi connectivity index (χ2n) is 6.05. The monoisotopic (exact) mass is 372 g/mol. The summed E-state index contributed by atoms with van der Waals surface area (Å²) < 4.78 is 18.4. The highest BCUT2D eigenvalue weighted by molar-refractivity contribution is 6.35. The Kier molecular flexibility index (Phi) is 4.16. The third-order valence-electron chi connectivity index (χ3n) is 4.26. The molecule has 1 aliphatic carbocycles. The van der Waals surface area contributed by atoms with Crippen LogP contribution in [0.15, 0.2) is 36.7 Å². The molecule has 0 spiro atoms. The second kappa shape index (κ2) is 6.49. The first-order valence-electron chi connectivity index (χ1n) is 7.97. The van der Waals surface area contributed by atoms with Crippen LogP contribution in [0.4, 0.5) is 10.2 Å². The number of pyridine rings is 1. The molecule has 0 bridgehead atoms. The molecule has 1 fully saturated rings. The minimum atomic E-state index is -1.07. The summed E-state index contributed by atoms with van der Waals surface area (Å²) in [6.07, 6.45) is 2.51. The Labute approximate surface area is 153 Å². The number of aromatic nitrogens is 3. The van der Waals surface area contributed by atoms with Crippen molar-refractivity contribution in [2.45, 2.75) is 12.6 Å². The van der Waals surface area contributed by atoms with Gasteiger partial charge in [-0.15, -0.1) is 10.2 Å². The standard InChI is InChI=1S/C18H14ClFN4O2/c1-26-15-2-3-21-8-12(15)9-4-10-6-16(22-18(25)11-7-14(11)20)23-24-17(10)13(19)5-9/h2-6,8,11,14H,7H2,1H3,(H,22,23,25). The number of carbonyl (C=O) groups excluding carboxylic acids is 1. The number of benzene rings is 1. The molecule has 0 radical (unpaired) electrons. The Morgan fingerprint density at radius 3 is 2.88 bits per heavy atom. The van der Waals surface area contributed by atoms with E-state index in [1.807, 2.05) is 6.07 Å². The molecule has 6 nitrogen and oxygen atoms in total. The van der Waals surface area contributed by atoms with E-state index < -0.39 is 12.1 Å². The Hall–Kier alpha value is -2.80. The summed E-state index contributed by atoms with van der Waals surface area (Å²) in [5.41, 5.74) is 2.08. The lowest BCUT2D eigenvalue weighted by molar-refractivity contribution is -0.117. The number of halogens is 2. The average Bonchev–Trinajstić information content (AvgIpc) is 3.38. The molecule has 1 N–H and O–H groups in total. The molecule has 1 aromatic carbocycles. The van der Waals surface area contributed by atoms with E-state index in [-0.39, 0.29) is 18.1 Å². The van der Waals surface area contributed by atoms with Gasteiger partial charge in [0.2, 0.25) is 5.91 Å². The highest BCUT2D eigenvalue weighted by Gasteiger charge is 2.43. The molecule has 26 heavy (non-hydrogen) atoms. The molecule has 2 atom stereocenters. The number of amides is 1. The van der Waals surface area contributed by atoms with Gasteiger partial charge in [0.05, 0.1) is 18.1 Å². The van der Waals surface area contributed by atoms with Crippen LogP contribution >= 0.6 is 11.6 Å². The number of alkyl halides is 1. The van der Waals surface area contributed by atoms with Gasteiger partial charge < -0.3 is 10.1 Å². The van der Waals surface area contributed by atoms with Gasteiger partial charge in [0.1, 0.15) is 17.4 Å². The normalized spacial score (nSPS) is 18.6. The molecule has 1 amide bonds. The summed E-state index contributed by atoms with van der Waals surface area (Å²) in [5, 5.41) is 11.7. The van der Waals surface area contributed by atoms with Crippen LogP contribution in [0.1, 0.15) is 6.42 Å². The highest BCUT2D eigenvalue weighted by atomic mass is 35.5. The number of ether oxygens (including phenoxy) is 1. The molecule has 132 valence electrons. The predicted molar refractivity (Wildman–Crippen MR) is 96.0 cm³/mol. The molecule has 4 rings (SSSR count). The van der Waals surface area contributed by atoms with Crippen molar-refractivity contribution < 1.29 is 13.9 Å². The fourth-order valence-electron chi connectivity index (χ4n) is 2.76. The summed E-state index contributed by atoms with van der Waals surface area (Å²) in [6.45, 7) is 0. The van der Waals surface area contributed by atoms with Crippen molar-refractivity contribution in [2.24, 2.45) is 5.92 Å². The molecular formula is C18H14ClFN4O2. The molecule has 0 saturated heterocycles. The Morgan fingerprint density at radius 1 is 1.35 bits per heavy atom. The fourth-order valence-corrected chi connectivity index (χ4v) is 3.03. The van der Waals surface area contributed by atoms with Crippen molar-refractivity contribution >= 4 is 34.2 Å². The SMILES string of the molecule is COc1ccncc1-c1cc(Cl)c2nnc(NC(=O)C3CC3F)cc2c1. The van der Waals surface area contributed by atoms with Gasteiger partial charge >= 0.3 is 0 Å². The molecule has 1 aliphatic rings. The predicted octanol–water partition coefficient (Wildman–Crippen LogP) is 3.65. The van der Waals surface area contributed by atoms with Crippen molar-refractivity contribution in [1.82, 2.24) is 15.2 Å². The summed E-state index contributed by atoms with van der Waals surface area (Å²) in [6, 6.07) is 7.04. The molecule has 3 aromatic rings. The molecule has 2 heterocycles. The minimum Gasteiger partial charge on any atom is -0.496 e. The van der Waals surface area contributed by atoms with Gasteiger partial charge in [-0.25, -0.2) is 4.39 Å². The summed E-state index contributed by atoms with van der Waals surface area (Å²) in [5.74, 6) is -0.0638. The van der Waals surface area contributed by atoms with Crippen LogP contribution < -0.4 is 10.1 Å². The second-order valence-corrected chi connectivity index (χ2v) is 6.46. The maximum Gasteiger partial charge on any atom is 0.231 e. The Balaban J connectivity index is 1.73. The first-order chi connectivity index (χ1) is 12.6. The van der Waals surface area contributed by atoms with Gasteiger partial charge in [0.25, 0.3) is 0 Å². The van der Waals surface area contributed by atoms with Gasteiger partial charge in [0, 0.05) is 23.3 Å². The zero-order valence-electron chi connectivity index (χ0n) is 13.7. The third-order valence-corrected chi connectivity index (χ3v) is 4.54. The van der Waals surface area contributed by atoms with Crippen LogP contribution in [-0.2, 0) is 4.79 Å². The van der Waals surface area contributed by atoms with Crippen LogP contribution in [0.2, 0.25) is 5.02 Å². The van der Waals surface area contributed by atoms with E-state index in [9.17, 15) is 9.18 Å². The van der Waals surface area contributed by atoms with E-state index in [2.05, 4.69) is 20.5 Å². The minimum absolute atomic E-state index is 0.254. The number of nitrogens with zero attached hydrogens (tertiary/aromatic N) is 3. The van der Waals surface area contributed by atoms with Crippen molar-refractivity contribution in [3.8, 4) is 16.9 Å².